The monoisotopic (exact) mass is 353 g/mol. The highest BCUT2D eigenvalue weighted by molar-refractivity contribution is 9.10. The summed E-state index contributed by atoms with van der Waals surface area (Å²) in [5.74, 6) is 0.171. The number of carbonyl (C=O) groups excluding carboxylic acids is 1. The molecular weight excluding hydrogens is 338 g/mol. The second kappa shape index (κ2) is 6.10. The SMILES string of the molecule is O=C(CNc1nc2ccc(Br)cc2s1)N1CCCCC1. The molecular formula is C14H16BrN3OS. The zero-order chi connectivity index (χ0) is 13.9. The first-order valence-corrected chi connectivity index (χ1v) is 8.41. The van der Waals surface area contributed by atoms with E-state index >= 15 is 0 Å². The van der Waals surface area contributed by atoms with E-state index in [1.165, 1.54) is 6.42 Å². The van der Waals surface area contributed by atoms with Crippen molar-refractivity contribution in [2.24, 2.45) is 0 Å². The van der Waals surface area contributed by atoms with E-state index in [1.54, 1.807) is 11.3 Å². The van der Waals surface area contributed by atoms with Crippen molar-refractivity contribution in [2.45, 2.75) is 19.3 Å². The van der Waals surface area contributed by atoms with Gasteiger partial charge in [-0.25, -0.2) is 4.98 Å². The number of hydrogen-bond acceptors (Lipinski definition) is 4. The lowest BCUT2D eigenvalue weighted by Crippen LogP contribution is -2.39. The molecule has 0 radical (unpaired) electrons. The van der Waals surface area contributed by atoms with Crippen molar-refractivity contribution >= 4 is 48.5 Å². The van der Waals surface area contributed by atoms with Crippen molar-refractivity contribution in [3.8, 4) is 0 Å². The van der Waals surface area contributed by atoms with Crippen molar-refractivity contribution in [1.82, 2.24) is 9.88 Å². The normalized spacial score (nSPS) is 15.6. The standard InChI is InChI=1S/C14H16BrN3OS/c15-10-4-5-11-12(8-10)20-14(17-11)16-9-13(19)18-6-2-1-3-7-18/h4-5,8H,1-3,6-7,9H2,(H,16,17). The summed E-state index contributed by atoms with van der Waals surface area (Å²) in [6.45, 7) is 2.13. The molecule has 106 valence electrons. The Kier molecular flexibility index (Phi) is 4.21. The van der Waals surface area contributed by atoms with Crippen LogP contribution in [0.2, 0.25) is 0 Å². The van der Waals surface area contributed by atoms with E-state index in [0.717, 1.165) is 45.8 Å². The number of hydrogen-bond donors (Lipinski definition) is 1. The number of thiazole rings is 1. The molecule has 0 saturated carbocycles. The summed E-state index contributed by atoms with van der Waals surface area (Å²) in [4.78, 5) is 18.5. The smallest absolute Gasteiger partial charge is 0.241 e. The van der Waals surface area contributed by atoms with Gasteiger partial charge in [0.2, 0.25) is 5.91 Å². The minimum absolute atomic E-state index is 0.171. The Labute approximate surface area is 130 Å². The van der Waals surface area contributed by atoms with Gasteiger partial charge in [0.1, 0.15) is 0 Å². The van der Waals surface area contributed by atoms with Crippen molar-refractivity contribution in [2.75, 3.05) is 25.0 Å². The summed E-state index contributed by atoms with van der Waals surface area (Å²) in [7, 11) is 0. The molecule has 1 aliphatic rings. The molecule has 0 unspecified atom stereocenters. The summed E-state index contributed by atoms with van der Waals surface area (Å²) in [6.07, 6.45) is 3.49. The number of nitrogens with zero attached hydrogens (tertiary/aromatic N) is 2. The lowest BCUT2D eigenvalue weighted by atomic mass is 10.1. The van der Waals surface area contributed by atoms with Gasteiger partial charge < -0.3 is 10.2 Å². The highest BCUT2D eigenvalue weighted by atomic mass is 79.9. The van der Waals surface area contributed by atoms with Gasteiger partial charge >= 0.3 is 0 Å². The molecule has 2 heterocycles. The number of carbonyl (C=O) groups is 1. The van der Waals surface area contributed by atoms with Gasteiger partial charge in [-0.15, -0.1) is 0 Å². The average molecular weight is 354 g/mol. The number of piperidine rings is 1. The van der Waals surface area contributed by atoms with Crippen LogP contribution in [0.25, 0.3) is 10.2 Å². The molecule has 1 amide bonds. The lowest BCUT2D eigenvalue weighted by molar-refractivity contribution is -0.130. The summed E-state index contributed by atoms with van der Waals surface area (Å²) in [5.41, 5.74) is 0.964. The van der Waals surface area contributed by atoms with Crippen LogP contribution in [-0.4, -0.2) is 35.4 Å². The molecule has 6 heteroatoms. The van der Waals surface area contributed by atoms with Crippen LogP contribution >= 0.6 is 27.3 Å². The third-order valence-corrected chi connectivity index (χ3v) is 4.92. The summed E-state index contributed by atoms with van der Waals surface area (Å²) in [6, 6.07) is 6.00. The van der Waals surface area contributed by atoms with Gasteiger partial charge in [-0.3, -0.25) is 4.79 Å². The van der Waals surface area contributed by atoms with Crippen molar-refractivity contribution < 1.29 is 4.79 Å². The number of aromatic nitrogens is 1. The molecule has 1 aromatic carbocycles. The molecule has 0 spiro atoms. The Morgan fingerprint density at radius 1 is 1.35 bits per heavy atom. The maximum atomic E-state index is 12.1. The number of rotatable bonds is 3. The van der Waals surface area contributed by atoms with Crippen molar-refractivity contribution in [1.29, 1.82) is 0 Å². The van der Waals surface area contributed by atoms with Crippen molar-refractivity contribution in [3.63, 3.8) is 0 Å². The zero-order valence-electron chi connectivity index (χ0n) is 11.1. The van der Waals surface area contributed by atoms with Gasteiger partial charge in [-0.05, 0) is 37.5 Å². The maximum absolute atomic E-state index is 12.1. The molecule has 1 aliphatic heterocycles. The molecule has 0 bridgehead atoms. The number of likely N-dealkylation sites (tertiary alicyclic amines) is 1. The minimum Gasteiger partial charge on any atom is -0.352 e. The van der Waals surface area contributed by atoms with Crippen LogP contribution in [0, 0.1) is 0 Å². The molecule has 1 saturated heterocycles. The molecule has 0 aliphatic carbocycles. The molecule has 20 heavy (non-hydrogen) atoms. The van der Waals surface area contributed by atoms with E-state index in [9.17, 15) is 4.79 Å². The van der Waals surface area contributed by atoms with E-state index in [4.69, 9.17) is 0 Å². The van der Waals surface area contributed by atoms with Gasteiger partial charge in [-0.1, -0.05) is 27.3 Å². The third kappa shape index (κ3) is 3.12. The van der Waals surface area contributed by atoms with Crippen LogP contribution in [0.3, 0.4) is 0 Å². The van der Waals surface area contributed by atoms with Gasteiger partial charge in [0.15, 0.2) is 5.13 Å². The summed E-state index contributed by atoms with van der Waals surface area (Å²) >= 11 is 5.03. The molecule has 4 nitrogen and oxygen atoms in total. The van der Waals surface area contributed by atoms with Gasteiger partial charge in [-0.2, -0.15) is 0 Å². The summed E-state index contributed by atoms with van der Waals surface area (Å²) in [5, 5.41) is 3.96. The highest BCUT2D eigenvalue weighted by Crippen LogP contribution is 2.28. The number of anilines is 1. The molecule has 2 aromatic rings. The van der Waals surface area contributed by atoms with E-state index in [2.05, 4.69) is 26.2 Å². The molecule has 1 fully saturated rings. The third-order valence-electron chi connectivity index (χ3n) is 3.45. The van der Waals surface area contributed by atoms with Crippen LogP contribution in [-0.2, 0) is 4.79 Å². The predicted octanol–water partition coefficient (Wildman–Crippen LogP) is 3.48. The number of halogens is 1. The fourth-order valence-corrected chi connectivity index (χ4v) is 3.79. The first-order valence-electron chi connectivity index (χ1n) is 6.80. The fourth-order valence-electron chi connectivity index (χ4n) is 2.38. The average Bonchev–Trinajstić information content (AvgIpc) is 2.87. The lowest BCUT2D eigenvalue weighted by Gasteiger charge is -2.26. The predicted molar refractivity (Wildman–Crippen MR) is 86.2 cm³/mol. The number of nitrogens with one attached hydrogen (secondary N) is 1. The van der Waals surface area contributed by atoms with E-state index in [-0.39, 0.29) is 5.91 Å². The number of benzene rings is 1. The summed E-state index contributed by atoms with van der Waals surface area (Å²) < 4.78 is 2.16. The Bertz CT molecular complexity index is 622. The number of amides is 1. The molecule has 0 atom stereocenters. The van der Waals surface area contributed by atoms with Gasteiger partial charge in [0.05, 0.1) is 16.8 Å². The zero-order valence-corrected chi connectivity index (χ0v) is 13.5. The van der Waals surface area contributed by atoms with Crippen LogP contribution in [0.5, 0.6) is 0 Å². The highest BCUT2D eigenvalue weighted by Gasteiger charge is 2.16. The largest absolute Gasteiger partial charge is 0.352 e. The number of fused-ring (bicyclic) bond motifs is 1. The Hall–Kier alpha value is -1.14. The van der Waals surface area contributed by atoms with Crippen LogP contribution < -0.4 is 5.32 Å². The Morgan fingerprint density at radius 3 is 2.95 bits per heavy atom. The van der Waals surface area contributed by atoms with Crippen molar-refractivity contribution in [3.05, 3.63) is 22.7 Å². The Balaban J connectivity index is 1.63. The quantitative estimate of drug-likeness (QED) is 0.918. The van der Waals surface area contributed by atoms with Gasteiger partial charge in [0.25, 0.3) is 0 Å². The van der Waals surface area contributed by atoms with Crippen LogP contribution in [0.15, 0.2) is 22.7 Å². The first-order chi connectivity index (χ1) is 9.72. The fraction of sp³-hybridized carbons (Fsp3) is 0.429. The van der Waals surface area contributed by atoms with E-state index in [1.807, 2.05) is 23.1 Å². The maximum Gasteiger partial charge on any atom is 0.241 e. The van der Waals surface area contributed by atoms with E-state index in [0.29, 0.717) is 6.54 Å². The second-order valence-electron chi connectivity index (χ2n) is 4.93. The van der Waals surface area contributed by atoms with Gasteiger partial charge in [0, 0.05) is 17.6 Å². The first kappa shape index (κ1) is 13.8. The second-order valence-corrected chi connectivity index (χ2v) is 6.87. The molecule has 3 rings (SSSR count). The Morgan fingerprint density at radius 2 is 2.15 bits per heavy atom. The topological polar surface area (TPSA) is 45.2 Å². The van der Waals surface area contributed by atoms with E-state index < -0.39 is 0 Å². The molecule has 1 aromatic heterocycles. The molecule has 1 N–H and O–H groups in total. The minimum atomic E-state index is 0.171. The van der Waals surface area contributed by atoms with Crippen LogP contribution in [0.4, 0.5) is 5.13 Å². The van der Waals surface area contributed by atoms with Crippen LogP contribution in [0.1, 0.15) is 19.3 Å².